The number of hydrogen-bond donors (Lipinski definition) is 2. The van der Waals surface area contributed by atoms with Gasteiger partial charge in [0, 0.05) is 10.6 Å². The van der Waals surface area contributed by atoms with Crippen LogP contribution in [0.2, 0.25) is 5.02 Å². The normalized spacial score (nSPS) is 14.4. The van der Waals surface area contributed by atoms with Gasteiger partial charge in [0.1, 0.15) is 11.9 Å². The maximum Gasteiger partial charge on any atom is 0.249 e. The van der Waals surface area contributed by atoms with Gasteiger partial charge in [0.15, 0.2) is 0 Å². The molecule has 0 aromatic heterocycles. The highest BCUT2D eigenvalue weighted by molar-refractivity contribution is 6.30. The number of aliphatic hydroxyl groups is 1. The average molecular weight is 274 g/mol. The third-order valence-electron chi connectivity index (χ3n) is 2.64. The number of rotatable bonds is 4. The minimum atomic E-state index is -1.12. The predicted octanol–water partition coefficient (Wildman–Crippen LogP) is 2.67. The Hall–Kier alpha value is -1.13. The zero-order chi connectivity index (χ0) is 13.9. The van der Waals surface area contributed by atoms with Crippen LogP contribution < -0.4 is 5.32 Å². The van der Waals surface area contributed by atoms with Crippen molar-refractivity contribution in [3.63, 3.8) is 0 Å². The predicted molar refractivity (Wildman–Crippen MR) is 68.8 cm³/mol. The molecule has 1 aromatic rings. The molecule has 0 saturated carbocycles. The molecule has 0 saturated heterocycles. The van der Waals surface area contributed by atoms with Gasteiger partial charge in [-0.1, -0.05) is 31.5 Å². The number of carbonyl (C=O) groups excluding carboxylic acids is 1. The summed E-state index contributed by atoms with van der Waals surface area (Å²) in [5, 5.41) is 12.1. The van der Waals surface area contributed by atoms with Crippen molar-refractivity contribution in [3.05, 3.63) is 34.6 Å². The van der Waals surface area contributed by atoms with Crippen molar-refractivity contribution in [3.8, 4) is 0 Å². The summed E-state index contributed by atoms with van der Waals surface area (Å²) in [6, 6.07) is 3.83. The number of nitrogens with one attached hydrogen (secondary N) is 1. The third kappa shape index (κ3) is 3.68. The van der Waals surface area contributed by atoms with Crippen LogP contribution in [0.4, 0.5) is 4.39 Å². The minimum absolute atomic E-state index is 0.0108. The molecule has 0 unspecified atom stereocenters. The van der Waals surface area contributed by atoms with Crippen LogP contribution in [-0.4, -0.2) is 17.1 Å². The molecule has 0 aliphatic carbocycles. The van der Waals surface area contributed by atoms with E-state index in [9.17, 15) is 14.3 Å². The van der Waals surface area contributed by atoms with Crippen LogP contribution in [0.5, 0.6) is 0 Å². The lowest BCUT2D eigenvalue weighted by atomic mass is 9.95. The zero-order valence-electron chi connectivity index (χ0n) is 10.6. The van der Waals surface area contributed by atoms with Crippen LogP contribution in [0.3, 0.4) is 0 Å². The number of benzene rings is 1. The molecular weight excluding hydrogens is 257 g/mol. The second-order valence-electron chi connectivity index (χ2n) is 4.57. The zero-order valence-corrected chi connectivity index (χ0v) is 11.3. The van der Waals surface area contributed by atoms with Crippen LogP contribution in [0.1, 0.15) is 32.4 Å². The minimum Gasteiger partial charge on any atom is -0.384 e. The van der Waals surface area contributed by atoms with Gasteiger partial charge in [-0.3, -0.25) is 4.79 Å². The molecule has 0 radical (unpaired) electrons. The Morgan fingerprint density at radius 1 is 1.39 bits per heavy atom. The van der Waals surface area contributed by atoms with Crippen LogP contribution in [-0.2, 0) is 4.79 Å². The third-order valence-corrected chi connectivity index (χ3v) is 2.88. The lowest BCUT2D eigenvalue weighted by Gasteiger charge is -2.24. The molecule has 1 aromatic carbocycles. The molecule has 1 amide bonds. The van der Waals surface area contributed by atoms with E-state index in [1.165, 1.54) is 13.0 Å². The van der Waals surface area contributed by atoms with Gasteiger partial charge in [0.2, 0.25) is 5.91 Å². The van der Waals surface area contributed by atoms with E-state index < -0.39 is 23.9 Å². The van der Waals surface area contributed by atoms with Crippen molar-refractivity contribution in [1.29, 1.82) is 0 Å². The van der Waals surface area contributed by atoms with Crippen LogP contribution in [0.15, 0.2) is 18.2 Å². The molecule has 18 heavy (non-hydrogen) atoms. The van der Waals surface area contributed by atoms with Gasteiger partial charge in [-0.25, -0.2) is 4.39 Å². The van der Waals surface area contributed by atoms with Crippen molar-refractivity contribution >= 4 is 17.5 Å². The van der Waals surface area contributed by atoms with Crippen LogP contribution in [0.25, 0.3) is 0 Å². The highest BCUT2D eigenvalue weighted by Gasteiger charge is 2.23. The second-order valence-corrected chi connectivity index (χ2v) is 5.01. The standard InChI is InChI=1S/C13H17ClFNO2/c1-7(2)12(16-13(18)8(3)17)10-5-4-9(14)6-11(10)15/h4-8,12,17H,1-3H3,(H,16,18)/t8-,12+/m0/s1. The number of carbonyl (C=O) groups is 1. The summed E-state index contributed by atoms with van der Waals surface area (Å²) in [5.74, 6) is -1.00. The molecule has 100 valence electrons. The molecule has 0 spiro atoms. The Morgan fingerprint density at radius 2 is 2.00 bits per heavy atom. The maximum absolute atomic E-state index is 13.8. The summed E-state index contributed by atoms with van der Waals surface area (Å²) in [5.41, 5.74) is 0.364. The fraction of sp³-hybridized carbons (Fsp3) is 0.462. The van der Waals surface area contributed by atoms with E-state index in [1.807, 2.05) is 13.8 Å². The van der Waals surface area contributed by atoms with Crippen molar-refractivity contribution < 1.29 is 14.3 Å². The summed E-state index contributed by atoms with van der Waals surface area (Å²) < 4.78 is 13.8. The van der Waals surface area contributed by atoms with Crippen molar-refractivity contribution in [2.75, 3.05) is 0 Å². The lowest BCUT2D eigenvalue weighted by Crippen LogP contribution is -2.38. The molecule has 1 rings (SSSR count). The maximum atomic E-state index is 13.8. The van der Waals surface area contributed by atoms with E-state index in [2.05, 4.69) is 5.32 Å². The Kier molecular flexibility index (Phi) is 5.11. The molecule has 0 heterocycles. The van der Waals surface area contributed by atoms with Gasteiger partial charge in [0.05, 0.1) is 6.04 Å². The van der Waals surface area contributed by atoms with E-state index in [0.717, 1.165) is 0 Å². The first-order valence-corrected chi connectivity index (χ1v) is 6.14. The van der Waals surface area contributed by atoms with Gasteiger partial charge in [-0.05, 0) is 25.0 Å². The summed E-state index contributed by atoms with van der Waals surface area (Å²) in [4.78, 5) is 11.5. The first-order chi connectivity index (χ1) is 8.32. The Morgan fingerprint density at radius 3 is 2.44 bits per heavy atom. The van der Waals surface area contributed by atoms with Gasteiger partial charge in [-0.2, -0.15) is 0 Å². The SMILES string of the molecule is CC(C)[C@@H](NC(=O)[C@H](C)O)c1ccc(Cl)cc1F. The van der Waals surface area contributed by atoms with E-state index >= 15 is 0 Å². The molecule has 3 nitrogen and oxygen atoms in total. The first kappa shape index (κ1) is 14.9. The highest BCUT2D eigenvalue weighted by atomic mass is 35.5. The van der Waals surface area contributed by atoms with Crippen molar-refractivity contribution in [2.45, 2.75) is 32.9 Å². The fourth-order valence-electron chi connectivity index (χ4n) is 1.63. The highest BCUT2D eigenvalue weighted by Crippen LogP contribution is 2.26. The second kappa shape index (κ2) is 6.16. The van der Waals surface area contributed by atoms with E-state index in [0.29, 0.717) is 10.6 Å². The molecule has 0 bridgehead atoms. The molecule has 5 heteroatoms. The van der Waals surface area contributed by atoms with E-state index in [-0.39, 0.29) is 5.92 Å². The summed E-state index contributed by atoms with van der Waals surface area (Å²) in [7, 11) is 0. The number of aliphatic hydroxyl groups excluding tert-OH is 1. The molecule has 2 N–H and O–H groups in total. The van der Waals surface area contributed by atoms with Crippen molar-refractivity contribution in [2.24, 2.45) is 5.92 Å². The summed E-state index contributed by atoms with van der Waals surface area (Å²) in [6.45, 7) is 5.09. The molecule has 0 fully saturated rings. The Labute approximate surface area is 111 Å². The number of amides is 1. The van der Waals surface area contributed by atoms with E-state index in [1.54, 1.807) is 12.1 Å². The Bertz CT molecular complexity index is 435. The molecule has 0 aliphatic rings. The number of halogens is 2. The van der Waals surface area contributed by atoms with Crippen LogP contribution in [0, 0.1) is 11.7 Å². The van der Waals surface area contributed by atoms with Crippen LogP contribution >= 0.6 is 11.6 Å². The first-order valence-electron chi connectivity index (χ1n) is 5.76. The molecule has 0 aliphatic heterocycles. The smallest absolute Gasteiger partial charge is 0.249 e. The fourth-order valence-corrected chi connectivity index (χ4v) is 1.79. The average Bonchev–Trinajstić information content (AvgIpc) is 2.26. The molecular formula is C13H17ClFNO2. The summed E-state index contributed by atoms with van der Waals surface area (Å²) in [6.07, 6.45) is -1.12. The quantitative estimate of drug-likeness (QED) is 0.886. The summed E-state index contributed by atoms with van der Waals surface area (Å²) >= 11 is 5.69. The van der Waals surface area contributed by atoms with E-state index in [4.69, 9.17) is 11.6 Å². The van der Waals surface area contributed by atoms with Gasteiger partial charge < -0.3 is 10.4 Å². The largest absolute Gasteiger partial charge is 0.384 e. The van der Waals surface area contributed by atoms with Gasteiger partial charge in [0.25, 0.3) is 0 Å². The van der Waals surface area contributed by atoms with Gasteiger partial charge in [-0.15, -0.1) is 0 Å². The van der Waals surface area contributed by atoms with Crippen molar-refractivity contribution in [1.82, 2.24) is 5.32 Å². The lowest BCUT2D eigenvalue weighted by molar-refractivity contribution is -0.129. The Balaban J connectivity index is 3.01. The number of hydrogen-bond acceptors (Lipinski definition) is 2. The monoisotopic (exact) mass is 273 g/mol. The van der Waals surface area contributed by atoms with Gasteiger partial charge >= 0.3 is 0 Å². The molecule has 2 atom stereocenters. The topological polar surface area (TPSA) is 49.3 Å².